The fourth-order valence-corrected chi connectivity index (χ4v) is 0.899. The first kappa shape index (κ1) is 15.2. The average molecular weight is 242 g/mol. The van der Waals surface area contributed by atoms with Gasteiger partial charge in [-0.15, -0.1) is 0 Å². The average Bonchev–Trinajstić information content (AvgIpc) is 1.98. The van der Waals surface area contributed by atoms with Crippen LogP contribution in [-0.4, -0.2) is 31.0 Å². The Morgan fingerprint density at radius 2 is 1.62 bits per heavy atom. The van der Waals surface area contributed by atoms with Gasteiger partial charge in [-0.05, 0) is 27.7 Å². The zero-order chi connectivity index (χ0) is 12.9. The summed E-state index contributed by atoms with van der Waals surface area (Å²) < 4.78 is 46.8. The Hall–Kier alpha value is -0.780. The number of carbonyl (C=O) groups excluding carboxylic acids is 1. The molecule has 1 unspecified atom stereocenters. The maximum Gasteiger partial charge on any atom is 0.404 e. The summed E-state index contributed by atoms with van der Waals surface area (Å²) in [6, 6.07) is 0. The van der Waals surface area contributed by atoms with Gasteiger partial charge in [0, 0.05) is 0 Å². The first-order chi connectivity index (χ1) is 7.14. The predicted octanol–water partition coefficient (Wildman–Crippen LogP) is 2.54. The van der Waals surface area contributed by atoms with Crippen LogP contribution >= 0.6 is 0 Å². The molecule has 0 aromatic heterocycles. The third-order valence-corrected chi connectivity index (χ3v) is 1.63. The fourth-order valence-electron chi connectivity index (χ4n) is 0.899. The van der Waals surface area contributed by atoms with Crippen molar-refractivity contribution in [3.63, 3.8) is 0 Å². The molecular weight excluding hydrogens is 225 g/mol. The molecule has 0 saturated heterocycles. The highest BCUT2D eigenvalue weighted by Crippen LogP contribution is 2.28. The molecule has 0 radical (unpaired) electrons. The Morgan fingerprint density at radius 1 is 1.12 bits per heavy atom. The molecule has 16 heavy (non-hydrogen) atoms. The lowest BCUT2D eigenvalue weighted by Crippen LogP contribution is -2.37. The normalized spacial score (nSPS) is 14.3. The summed E-state index contributed by atoms with van der Waals surface area (Å²) in [5.74, 6) is -3.50. The van der Waals surface area contributed by atoms with Gasteiger partial charge in [0.15, 0.2) is 5.92 Å². The predicted molar refractivity (Wildman–Crippen MR) is 51.9 cm³/mol. The van der Waals surface area contributed by atoms with Gasteiger partial charge < -0.3 is 9.47 Å². The Labute approximate surface area is 92.9 Å². The summed E-state index contributed by atoms with van der Waals surface area (Å²) in [6.07, 6.45) is -5.57. The highest BCUT2D eigenvalue weighted by atomic mass is 19.4. The number of rotatable bonds is 5. The summed E-state index contributed by atoms with van der Waals surface area (Å²) in [7, 11) is 0. The van der Waals surface area contributed by atoms with Crippen LogP contribution in [0.25, 0.3) is 0 Å². The van der Waals surface area contributed by atoms with Gasteiger partial charge in [-0.3, -0.25) is 4.79 Å². The van der Waals surface area contributed by atoms with E-state index in [2.05, 4.69) is 4.74 Å². The Balaban J connectivity index is 4.49. The summed E-state index contributed by atoms with van der Waals surface area (Å²) in [4.78, 5) is 11.2. The molecule has 1 atom stereocenters. The highest BCUT2D eigenvalue weighted by molar-refractivity contribution is 5.73. The van der Waals surface area contributed by atoms with Crippen molar-refractivity contribution in [3.05, 3.63) is 0 Å². The van der Waals surface area contributed by atoms with Crippen molar-refractivity contribution >= 4 is 5.97 Å². The van der Waals surface area contributed by atoms with Gasteiger partial charge in [0.2, 0.25) is 0 Å². The lowest BCUT2D eigenvalue weighted by Gasteiger charge is -2.21. The zero-order valence-corrected chi connectivity index (χ0v) is 9.80. The third kappa shape index (κ3) is 5.95. The summed E-state index contributed by atoms with van der Waals surface area (Å²) >= 11 is 0. The number of halogens is 3. The van der Waals surface area contributed by atoms with Crippen molar-refractivity contribution < 1.29 is 27.4 Å². The van der Waals surface area contributed by atoms with Crippen LogP contribution in [0.5, 0.6) is 0 Å². The monoisotopic (exact) mass is 242 g/mol. The Bertz CT molecular complexity index is 224. The number of alkyl halides is 3. The number of carbonyl (C=O) groups is 1. The van der Waals surface area contributed by atoms with Gasteiger partial charge in [-0.25, -0.2) is 0 Å². The minimum atomic E-state index is -4.64. The van der Waals surface area contributed by atoms with E-state index in [1.54, 1.807) is 13.8 Å². The Kier molecular flexibility index (Phi) is 5.78. The first-order valence-electron chi connectivity index (χ1n) is 5.03. The van der Waals surface area contributed by atoms with Crippen molar-refractivity contribution in [1.82, 2.24) is 0 Å². The molecule has 0 aliphatic rings. The molecule has 3 nitrogen and oxygen atoms in total. The largest absolute Gasteiger partial charge is 0.462 e. The van der Waals surface area contributed by atoms with E-state index in [4.69, 9.17) is 4.74 Å². The van der Waals surface area contributed by atoms with E-state index in [0.29, 0.717) is 0 Å². The van der Waals surface area contributed by atoms with Crippen molar-refractivity contribution in [1.29, 1.82) is 0 Å². The standard InChI is InChI=1S/C10H17F3O3/c1-6(2)15-5-8(10(11,12)13)9(14)16-7(3)4/h6-8H,5H2,1-4H3. The molecule has 0 aromatic carbocycles. The third-order valence-electron chi connectivity index (χ3n) is 1.63. The number of ether oxygens (including phenoxy) is 2. The van der Waals surface area contributed by atoms with E-state index >= 15 is 0 Å². The van der Waals surface area contributed by atoms with Crippen LogP contribution in [0, 0.1) is 5.92 Å². The molecule has 0 aromatic rings. The van der Waals surface area contributed by atoms with Gasteiger partial charge >= 0.3 is 12.1 Å². The first-order valence-corrected chi connectivity index (χ1v) is 5.03. The molecule has 0 saturated carbocycles. The second-order valence-electron chi connectivity index (χ2n) is 3.96. The Morgan fingerprint density at radius 3 is 1.94 bits per heavy atom. The van der Waals surface area contributed by atoms with Crippen molar-refractivity contribution in [2.24, 2.45) is 5.92 Å². The SMILES string of the molecule is CC(C)OCC(C(=O)OC(C)C)C(F)(F)F. The van der Waals surface area contributed by atoms with E-state index in [0.717, 1.165) is 0 Å². The van der Waals surface area contributed by atoms with Crippen LogP contribution in [0.3, 0.4) is 0 Å². The highest BCUT2D eigenvalue weighted by Gasteiger charge is 2.46. The van der Waals surface area contributed by atoms with Crippen LogP contribution in [0.4, 0.5) is 13.2 Å². The minimum absolute atomic E-state index is 0.364. The van der Waals surface area contributed by atoms with E-state index in [1.807, 2.05) is 0 Å². The smallest absolute Gasteiger partial charge is 0.404 e. The number of hydrogen-bond acceptors (Lipinski definition) is 3. The number of hydrogen-bond donors (Lipinski definition) is 0. The lowest BCUT2D eigenvalue weighted by atomic mass is 10.1. The van der Waals surface area contributed by atoms with E-state index in [1.165, 1.54) is 13.8 Å². The van der Waals surface area contributed by atoms with Gasteiger partial charge in [-0.2, -0.15) is 13.2 Å². The summed E-state index contributed by atoms with van der Waals surface area (Å²) in [6.45, 7) is 5.48. The molecule has 0 rings (SSSR count). The molecule has 96 valence electrons. The second-order valence-corrected chi connectivity index (χ2v) is 3.96. The molecule has 0 aliphatic carbocycles. The topological polar surface area (TPSA) is 35.5 Å². The molecule has 0 spiro atoms. The summed E-state index contributed by atoms with van der Waals surface area (Å²) in [5.41, 5.74) is 0. The molecule has 0 bridgehead atoms. The van der Waals surface area contributed by atoms with E-state index in [-0.39, 0.29) is 6.10 Å². The van der Waals surface area contributed by atoms with Crippen molar-refractivity contribution in [2.75, 3.05) is 6.61 Å². The fraction of sp³-hybridized carbons (Fsp3) is 0.900. The molecule has 0 N–H and O–H groups in total. The minimum Gasteiger partial charge on any atom is -0.462 e. The molecule has 0 aliphatic heterocycles. The van der Waals surface area contributed by atoms with Gasteiger partial charge in [0.1, 0.15) is 0 Å². The second kappa shape index (κ2) is 6.08. The maximum atomic E-state index is 12.5. The lowest BCUT2D eigenvalue weighted by molar-refractivity contribution is -0.210. The molecule has 0 fully saturated rings. The van der Waals surface area contributed by atoms with Crippen LogP contribution in [0.1, 0.15) is 27.7 Å². The maximum absolute atomic E-state index is 12.5. The van der Waals surface area contributed by atoms with Gasteiger partial charge in [0.05, 0.1) is 18.8 Å². The van der Waals surface area contributed by atoms with E-state index < -0.39 is 30.8 Å². The quantitative estimate of drug-likeness (QED) is 0.695. The van der Waals surface area contributed by atoms with Gasteiger partial charge in [-0.1, -0.05) is 0 Å². The van der Waals surface area contributed by atoms with Gasteiger partial charge in [0.25, 0.3) is 0 Å². The molecule has 0 amide bonds. The summed E-state index contributed by atoms with van der Waals surface area (Å²) in [5, 5.41) is 0. The van der Waals surface area contributed by atoms with Crippen LogP contribution in [0.15, 0.2) is 0 Å². The van der Waals surface area contributed by atoms with E-state index in [9.17, 15) is 18.0 Å². The van der Waals surface area contributed by atoms with Crippen molar-refractivity contribution in [3.8, 4) is 0 Å². The molecule has 0 heterocycles. The zero-order valence-electron chi connectivity index (χ0n) is 9.80. The van der Waals surface area contributed by atoms with Crippen LogP contribution < -0.4 is 0 Å². The van der Waals surface area contributed by atoms with Crippen LogP contribution in [-0.2, 0) is 14.3 Å². The molecular formula is C10H17F3O3. The number of esters is 1. The molecule has 6 heteroatoms. The van der Waals surface area contributed by atoms with Crippen molar-refractivity contribution in [2.45, 2.75) is 46.1 Å². The van der Waals surface area contributed by atoms with Crippen LogP contribution in [0.2, 0.25) is 0 Å².